The molecule has 0 unspecified atom stereocenters. The molecule has 4 nitrogen and oxygen atoms in total. The van der Waals surface area contributed by atoms with Gasteiger partial charge in [-0.15, -0.1) is 0 Å². The third kappa shape index (κ3) is 3.90. The predicted molar refractivity (Wildman–Crippen MR) is 122 cm³/mol. The molecule has 1 aromatic carbocycles. The molecule has 1 aliphatic carbocycles. The summed E-state index contributed by atoms with van der Waals surface area (Å²) < 4.78 is 13.2. The molecule has 31 heavy (non-hydrogen) atoms. The van der Waals surface area contributed by atoms with Gasteiger partial charge in [-0.05, 0) is 68.2 Å². The van der Waals surface area contributed by atoms with E-state index in [1.54, 1.807) is 0 Å². The second-order valence-electron chi connectivity index (χ2n) is 10.4. The van der Waals surface area contributed by atoms with Gasteiger partial charge >= 0.3 is 14.1 Å². The molecule has 0 aromatic heterocycles. The lowest BCUT2D eigenvalue weighted by Crippen LogP contribution is -2.70. The monoisotopic (exact) mass is 458 g/mol. The first-order valence-electron chi connectivity index (χ1n) is 11.8. The molecule has 4 heterocycles. The number of ether oxygens (including phenoxy) is 2. The van der Waals surface area contributed by atoms with Crippen LogP contribution in [0.1, 0.15) is 52.0 Å². The average molecular weight is 459 g/mol. The maximum atomic E-state index is 6.72. The Labute approximate surface area is 195 Å². The summed E-state index contributed by atoms with van der Waals surface area (Å²) in [6.45, 7) is 6.68. The van der Waals surface area contributed by atoms with Gasteiger partial charge in [-0.2, -0.15) is 4.78 Å². The summed E-state index contributed by atoms with van der Waals surface area (Å²) in [4.78, 5) is 15.7. The van der Waals surface area contributed by atoms with Crippen LogP contribution in [0.3, 0.4) is 0 Å². The summed E-state index contributed by atoms with van der Waals surface area (Å²) in [6.07, 6.45) is 4.12. The molecule has 6 heteroatoms. The van der Waals surface area contributed by atoms with Crippen LogP contribution < -0.4 is 0 Å². The number of hydrogen-bond donors (Lipinski definition) is 0. The van der Waals surface area contributed by atoms with Crippen LogP contribution in [0.2, 0.25) is 16.1 Å². The molecule has 4 aliphatic heterocycles. The molecule has 5 aliphatic rings. The van der Waals surface area contributed by atoms with Crippen molar-refractivity contribution in [1.29, 1.82) is 0 Å². The zero-order valence-electron chi connectivity index (χ0n) is 18.9. The molecule has 2 bridgehead atoms. The average Bonchev–Trinajstić information content (AvgIpc) is 2.97. The summed E-state index contributed by atoms with van der Waals surface area (Å²) in [5.74, 6) is 6.76. The molecule has 0 radical (unpaired) electrons. The van der Waals surface area contributed by atoms with Crippen LogP contribution in [0, 0.1) is 34.4 Å². The summed E-state index contributed by atoms with van der Waals surface area (Å²) >= 11 is 4.70. The van der Waals surface area contributed by atoms with Gasteiger partial charge in [0.25, 0.3) is 0 Å². The van der Waals surface area contributed by atoms with Crippen LogP contribution in [-0.4, -0.2) is 37.9 Å². The number of benzene rings is 1. The van der Waals surface area contributed by atoms with Crippen LogP contribution in [0.15, 0.2) is 24.3 Å². The topological polar surface area (TPSA) is 36.9 Å². The Morgan fingerprint density at radius 1 is 1.10 bits per heavy atom. The highest BCUT2D eigenvalue weighted by atomic mass is 35.5. The number of hydrogen-bond acceptors (Lipinski definition) is 4. The van der Waals surface area contributed by atoms with Crippen molar-refractivity contribution in [2.75, 3.05) is 0 Å². The Hall–Kier alpha value is -0.558. The van der Waals surface area contributed by atoms with Crippen LogP contribution in [-0.2, 0) is 19.2 Å². The van der Waals surface area contributed by atoms with E-state index in [2.05, 4.69) is 30.3 Å². The van der Waals surface area contributed by atoms with Crippen molar-refractivity contribution in [3.8, 4) is 10.7 Å². The minimum Gasteiger partial charge on any atom is -0.347 e. The highest BCUT2D eigenvalue weighted by molar-refractivity contribution is 6.66. The Kier molecular flexibility index (Phi) is 5.98. The van der Waals surface area contributed by atoms with Gasteiger partial charge in [0.05, 0.1) is 6.10 Å². The van der Waals surface area contributed by atoms with Crippen molar-refractivity contribution in [3.05, 3.63) is 34.9 Å². The second-order valence-corrected chi connectivity index (χ2v) is 13.4. The fraction of sp³-hybridized carbons (Fsp3) is 0.680. The molecule has 8 atom stereocenters. The smallest absolute Gasteiger partial charge is 0.347 e. The molecule has 0 N–H and O–H groups in total. The first kappa shape index (κ1) is 22.2. The van der Waals surface area contributed by atoms with E-state index >= 15 is 0 Å². The minimum atomic E-state index is -1.29. The molecule has 6 rings (SSSR count). The zero-order valence-corrected chi connectivity index (χ0v) is 20.8. The third-order valence-corrected chi connectivity index (χ3v) is 10.2. The van der Waals surface area contributed by atoms with Crippen molar-refractivity contribution in [2.24, 2.45) is 23.7 Å². The number of halogens is 1. The summed E-state index contributed by atoms with van der Waals surface area (Å²) in [5, 5.41) is 1.76. The molecule has 0 amide bonds. The van der Waals surface area contributed by atoms with Crippen molar-refractivity contribution < 1.29 is 19.2 Å². The second kappa shape index (κ2) is 8.34. The van der Waals surface area contributed by atoms with E-state index in [0.29, 0.717) is 23.7 Å². The minimum absolute atomic E-state index is 0.155. The lowest BCUT2D eigenvalue weighted by molar-refractivity contribution is -0.570. The summed E-state index contributed by atoms with van der Waals surface area (Å²) in [5.41, 5.74) is 0.552. The van der Waals surface area contributed by atoms with E-state index in [4.69, 9.17) is 30.8 Å². The molecular weight excluding hydrogens is 427 g/mol. The van der Waals surface area contributed by atoms with E-state index in [-0.39, 0.29) is 12.4 Å². The lowest BCUT2D eigenvalue weighted by atomic mass is 9.57. The Morgan fingerprint density at radius 2 is 1.87 bits per heavy atom. The van der Waals surface area contributed by atoms with Gasteiger partial charge in [0, 0.05) is 22.9 Å². The lowest BCUT2D eigenvalue weighted by Gasteiger charge is -2.60. The fourth-order valence-electron chi connectivity index (χ4n) is 6.40. The number of fused-ring (bicyclic) bond motifs is 2. The van der Waals surface area contributed by atoms with Crippen LogP contribution in [0.4, 0.5) is 0 Å². The molecule has 1 aromatic rings. The Bertz CT molecular complexity index is 882. The SMILES string of the molecule is C[C@H]1[C@H]([CH2][Al]([CH3])[C]#Cc2ccc(Cl)cc2)O[C@@H]2O[C@]3(C)CC[C@H]4[C@H](C)CC[C@@H]1[C@@]24OO3. The predicted octanol–water partition coefficient (Wildman–Crippen LogP) is 5.61. The van der Waals surface area contributed by atoms with Crippen molar-refractivity contribution in [2.45, 2.75) is 81.3 Å². The van der Waals surface area contributed by atoms with Gasteiger partial charge in [0.2, 0.25) is 5.79 Å². The standard InChI is InChI=1S/C16H25O4.C8H4Cl.CH3.Al/c1-9-5-6-13-10(2)11(3)17-14-16(13)12(9)7-8-15(4,18-14)19-20-16;1-2-7-3-5-8(9)6-4-7;;/h9-14H,3,5-8H2,1-2,4H3;3-6H;1H3;/t9-,10+,11+,12+,13+,14-,15+,16-;;;/m1.../s1. The highest BCUT2D eigenvalue weighted by Crippen LogP contribution is 2.60. The highest BCUT2D eigenvalue weighted by Gasteiger charge is 2.69. The fourth-order valence-corrected chi connectivity index (χ4v) is 8.29. The Morgan fingerprint density at radius 3 is 2.65 bits per heavy atom. The van der Waals surface area contributed by atoms with Gasteiger partial charge in [-0.3, -0.25) is 0 Å². The first-order chi connectivity index (χ1) is 14.8. The molecule has 1 spiro atoms. The van der Waals surface area contributed by atoms with Crippen LogP contribution >= 0.6 is 11.6 Å². The molecule has 4 saturated heterocycles. The zero-order chi connectivity index (χ0) is 21.8. The van der Waals surface area contributed by atoms with E-state index in [1.807, 2.05) is 31.2 Å². The van der Waals surface area contributed by atoms with Crippen molar-refractivity contribution >= 4 is 25.7 Å². The van der Waals surface area contributed by atoms with Gasteiger partial charge in [-0.25, -0.2) is 9.78 Å². The number of rotatable bonds is 2. The summed E-state index contributed by atoms with van der Waals surface area (Å²) in [6, 6.07) is 7.76. The molecule has 1 saturated carbocycles. The molecule has 5 fully saturated rings. The van der Waals surface area contributed by atoms with E-state index in [1.165, 1.54) is 6.42 Å². The van der Waals surface area contributed by atoms with Crippen molar-refractivity contribution in [1.82, 2.24) is 0 Å². The summed E-state index contributed by atoms with van der Waals surface area (Å²) in [7, 11) is 0. The quantitative estimate of drug-likeness (QED) is 0.328. The normalized spacial score (nSPS) is 43.4. The molecular formula is C25H32AlClO4. The van der Waals surface area contributed by atoms with E-state index in [9.17, 15) is 0 Å². The van der Waals surface area contributed by atoms with Crippen molar-refractivity contribution in [3.63, 3.8) is 0 Å². The van der Waals surface area contributed by atoms with E-state index < -0.39 is 25.5 Å². The van der Waals surface area contributed by atoms with Crippen LogP contribution in [0.5, 0.6) is 0 Å². The maximum Gasteiger partial charge on any atom is 0.376 e. The third-order valence-electron chi connectivity index (χ3n) is 8.19. The molecule has 166 valence electrons. The van der Waals surface area contributed by atoms with E-state index in [0.717, 1.165) is 35.1 Å². The first-order valence-corrected chi connectivity index (χ1v) is 14.7. The van der Waals surface area contributed by atoms with Crippen LogP contribution in [0.25, 0.3) is 0 Å². The van der Waals surface area contributed by atoms with Gasteiger partial charge < -0.3 is 9.47 Å². The maximum absolute atomic E-state index is 6.72. The van der Waals surface area contributed by atoms with Gasteiger partial charge in [0.15, 0.2) is 11.9 Å². The largest absolute Gasteiger partial charge is 0.376 e. The van der Waals surface area contributed by atoms with Gasteiger partial charge in [-0.1, -0.05) is 42.4 Å². The Balaban J connectivity index is 1.37. The van der Waals surface area contributed by atoms with Gasteiger partial charge in [0.1, 0.15) is 0 Å².